The monoisotopic (exact) mass is 267 g/mol. The molecule has 2 rings (SSSR count). The minimum Gasteiger partial charge on any atom is -0.377 e. The van der Waals surface area contributed by atoms with Crippen molar-refractivity contribution in [2.24, 2.45) is 0 Å². The number of benzene rings is 1. The van der Waals surface area contributed by atoms with E-state index in [-0.39, 0.29) is 0 Å². The summed E-state index contributed by atoms with van der Waals surface area (Å²) in [6.07, 6.45) is 5.16. The molecule has 2 unspecified atom stereocenters. The minimum absolute atomic E-state index is 0.409. The topological polar surface area (TPSA) is 21.3 Å². The molecule has 1 saturated heterocycles. The first-order chi connectivity index (χ1) is 8.74. The fraction of sp³-hybridized carbons (Fsp3) is 0.600. The fourth-order valence-corrected chi connectivity index (χ4v) is 2.47. The summed E-state index contributed by atoms with van der Waals surface area (Å²) in [5.41, 5.74) is 1.32. The Morgan fingerprint density at radius 1 is 1.33 bits per heavy atom. The van der Waals surface area contributed by atoms with Crippen molar-refractivity contribution in [1.29, 1.82) is 0 Å². The third-order valence-electron chi connectivity index (χ3n) is 3.42. The van der Waals surface area contributed by atoms with Crippen LogP contribution in [0.2, 0.25) is 5.02 Å². The van der Waals surface area contributed by atoms with Gasteiger partial charge in [0.2, 0.25) is 0 Å². The second-order valence-corrected chi connectivity index (χ2v) is 5.56. The molecule has 1 N–H and O–H groups in total. The Kier molecular flexibility index (Phi) is 5.48. The smallest absolute Gasteiger partial charge is 0.0699 e. The van der Waals surface area contributed by atoms with Gasteiger partial charge < -0.3 is 10.1 Å². The number of nitrogens with one attached hydrogen (secondary N) is 1. The van der Waals surface area contributed by atoms with E-state index in [9.17, 15) is 0 Å². The Labute approximate surface area is 115 Å². The molecule has 0 aromatic heterocycles. The van der Waals surface area contributed by atoms with Gasteiger partial charge in [-0.15, -0.1) is 0 Å². The highest BCUT2D eigenvalue weighted by Gasteiger charge is 2.14. The molecule has 0 radical (unpaired) electrons. The van der Waals surface area contributed by atoms with Crippen LogP contribution in [0.15, 0.2) is 24.3 Å². The van der Waals surface area contributed by atoms with Gasteiger partial charge in [0, 0.05) is 24.2 Å². The number of hydrogen-bond donors (Lipinski definition) is 1. The normalized spacial score (nSPS) is 21.8. The quantitative estimate of drug-likeness (QED) is 0.883. The highest BCUT2D eigenvalue weighted by Crippen LogP contribution is 2.13. The van der Waals surface area contributed by atoms with Gasteiger partial charge in [0.05, 0.1) is 6.10 Å². The zero-order valence-electron chi connectivity index (χ0n) is 11.0. The molecule has 2 atom stereocenters. The summed E-state index contributed by atoms with van der Waals surface area (Å²) in [4.78, 5) is 0. The van der Waals surface area contributed by atoms with Crippen molar-refractivity contribution in [1.82, 2.24) is 5.32 Å². The molecule has 18 heavy (non-hydrogen) atoms. The van der Waals surface area contributed by atoms with E-state index in [1.807, 2.05) is 12.1 Å². The molecule has 1 aliphatic heterocycles. The molecule has 1 aliphatic rings. The molecule has 1 heterocycles. The summed E-state index contributed by atoms with van der Waals surface area (Å²) in [6, 6.07) is 8.56. The van der Waals surface area contributed by atoms with Crippen LogP contribution >= 0.6 is 11.6 Å². The van der Waals surface area contributed by atoms with Gasteiger partial charge in [-0.2, -0.15) is 0 Å². The van der Waals surface area contributed by atoms with Crippen LogP contribution in [0.3, 0.4) is 0 Å². The van der Waals surface area contributed by atoms with E-state index in [0.717, 1.165) is 24.6 Å². The average Bonchev–Trinajstić information content (AvgIpc) is 2.40. The second-order valence-electron chi connectivity index (χ2n) is 5.13. The van der Waals surface area contributed by atoms with E-state index in [1.165, 1.54) is 24.8 Å². The van der Waals surface area contributed by atoms with Crippen LogP contribution in [0.25, 0.3) is 0 Å². The van der Waals surface area contributed by atoms with Gasteiger partial charge >= 0.3 is 0 Å². The molecular weight excluding hydrogens is 246 g/mol. The van der Waals surface area contributed by atoms with Crippen molar-refractivity contribution in [3.05, 3.63) is 34.9 Å². The highest BCUT2D eigenvalue weighted by molar-refractivity contribution is 6.30. The van der Waals surface area contributed by atoms with Crippen molar-refractivity contribution in [2.45, 2.75) is 44.8 Å². The third-order valence-corrected chi connectivity index (χ3v) is 3.68. The zero-order valence-corrected chi connectivity index (χ0v) is 11.7. The second kappa shape index (κ2) is 7.13. The molecule has 0 saturated carbocycles. The van der Waals surface area contributed by atoms with E-state index in [1.54, 1.807) is 0 Å². The maximum Gasteiger partial charge on any atom is 0.0699 e. The predicted molar refractivity (Wildman–Crippen MR) is 76.2 cm³/mol. The molecule has 100 valence electrons. The average molecular weight is 268 g/mol. The zero-order chi connectivity index (χ0) is 12.8. The first kappa shape index (κ1) is 13.9. The molecule has 0 aliphatic carbocycles. The van der Waals surface area contributed by atoms with E-state index in [2.05, 4.69) is 24.4 Å². The van der Waals surface area contributed by atoms with Crippen molar-refractivity contribution in [3.63, 3.8) is 0 Å². The summed E-state index contributed by atoms with van der Waals surface area (Å²) in [5.74, 6) is 0. The predicted octanol–water partition coefficient (Wildman–Crippen LogP) is 3.43. The van der Waals surface area contributed by atoms with Gasteiger partial charge in [-0.05, 0) is 50.3 Å². The summed E-state index contributed by atoms with van der Waals surface area (Å²) in [6.45, 7) is 4.12. The lowest BCUT2D eigenvalue weighted by atomic mass is 10.1. The standard InChI is InChI=1S/C15H22ClNO/c1-12(10-13-5-7-14(16)8-6-13)17-11-15-4-2-3-9-18-15/h5-8,12,15,17H,2-4,9-11H2,1H3. The van der Waals surface area contributed by atoms with Crippen LogP contribution in [0.1, 0.15) is 31.7 Å². The third kappa shape index (κ3) is 4.60. The van der Waals surface area contributed by atoms with Gasteiger partial charge in [0.1, 0.15) is 0 Å². The summed E-state index contributed by atoms with van der Waals surface area (Å²) >= 11 is 5.88. The minimum atomic E-state index is 0.409. The number of rotatable bonds is 5. The summed E-state index contributed by atoms with van der Waals surface area (Å²) < 4.78 is 5.71. The van der Waals surface area contributed by atoms with Crippen molar-refractivity contribution in [3.8, 4) is 0 Å². The largest absolute Gasteiger partial charge is 0.377 e. The summed E-state index contributed by atoms with van der Waals surface area (Å²) in [5, 5.41) is 4.36. The van der Waals surface area contributed by atoms with Crippen LogP contribution in [-0.2, 0) is 11.2 Å². The van der Waals surface area contributed by atoms with E-state index in [4.69, 9.17) is 16.3 Å². The Hall–Kier alpha value is -0.570. The van der Waals surface area contributed by atoms with E-state index >= 15 is 0 Å². The highest BCUT2D eigenvalue weighted by atomic mass is 35.5. The lowest BCUT2D eigenvalue weighted by Gasteiger charge is -2.24. The van der Waals surface area contributed by atoms with E-state index in [0.29, 0.717) is 12.1 Å². The first-order valence-corrected chi connectivity index (χ1v) is 7.21. The lowest BCUT2D eigenvalue weighted by Crippen LogP contribution is -2.37. The molecule has 1 aromatic carbocycles. The van der Waals surface area contributed by atoms with Gasteiger partial charge in [0.25, 0.3) is 0 Å². The molecule has 1 aromatic rings. The van der Waals surface area contributed by atoms with Gasteiger partial charge in [-0.25, -0.2) is 0 Å². The van der Waals surface area contributed by atoms with Crippen LogP contribution in [-0.4, -0.2) is 25.3 Å². The van der Waals surface area contributed by atoms with Crippen LogP contribution < -0.4 is 5.32 Å². The Bertz CT molecular complexity index is 346. The van der Waals surface area contributed by atoms with Crippen molar-refractivity contribution >= 4 is 11.6 Å². The molecule has 2 nitrogen and oxygen atoms in total. The van der Waals surface area contributed by atoms with Crippen LogP contribution in [0, 0.1) is 0 Å². The molecular formula is C15H22ClNO. The van der Waals surface area contributed by atoms with Crippen molar-refractivity contribution in [2.75, 3.05) is 13.2 Å². The van der Waals surface area contributed by atoms with Gasteiger partial charge in [-0.1, -0.05) is 23.7 Å². The van der Waals surface area contributed by atoms with Crippen LogP contribution in [0.5, 0.6) is 0 Å². The van der Waals surface area contributed by atoms with Gasteiger partial charge in [-0.3, -0.25) is 0 Å². The summed E-state index contributed by atoms with van der Waals surface area (Å²) in [7, 11) is 0. The maximum absolute atomic E-state index is 5.88. The lowest BCUT2D eigenvalue weighted by molar-refractivity contribution is 0.0156. The molecule has 0 bridgehead atoms. The molecule has 3 heteroatoms. The molecule has 1 fully saturated rings. The SMILES string of the molecule is CC(Cc1ccc(Cl)cc1)NCC1CCCCO1. The Morgan fingerprint density at radius 2 is 2.11 bits per heavy atom. The maximum atomic E-state index is 5.88. The van der Waals surface area contributed by atoms with Gasteiger partial charge in [0.15, 0.2) is 0 Å². The Morgan fingerprint density at radius 3 is 2.78 bits per heavy atom. The van der Waals surface area contributed by atoms with Crippen molar-refractivity contribution < 1.29 is 4.74 Å². The fourth-order valence-electron chi connectivity index (χ4n) is 2.35. The number of ether oxygens (including phenoxy) is 1. The first-order valence-electron chi connectivity index (χ1n) is 6.83. The molecule has 0 spiro atoms. The Balaban J connectivity index is 1.71. The van der Waals surface area contributed by atoms with E-state index < -0.39 is 0 Å². The number of hydrogen-bond acceptors (Lipinski definition) is 2. The molecule has 0 amide bonds. The van der Waals surface area contributed by atoms with Crippen LogP contribution in [0.4, 0.5) is 0 Å². The number of halogens is 1.